The molecule has 1 aliphatic rings. The maximum Gasteiger partial charge on any atom is 0.414 e. The number of piperidine rings is 1. The van der Waals surface area contributed by atoms with Crippen molar-refractivity contribution >= 4 is 22.4 Å². The summed E-state index contributed by atoms with van der Waals surface area (Å²) in [6.45, 7) is 0.789. The Kier molecular flexibility index (Phi) is 5.12. The molecule has 0 radical (unpaired) electrons. The van der Waals surface area contributed by atoms with Crippen LogP contribution in [0.1, 0.15) is 12.8 Å². The van der Waals surface area contributed by atoms with Gasteiger partial charge in [0, 0.05) is 0 Å². The van der Waals surface area contributed by atoms with Crippen LogP contribution in [0.3, 0.4) is 0 Å². The Hall–Kier alpha value is -1.26. The summed E-state index contributed by atoms with van der Waals surface area (Å²) in [7, 11) is 0. The van der Waals surface area contributed by atoms with E-state index in [0.29, 0.717) is 18.2 Å². The fourth-order valence-corrected chi connectivity index (χ4v) is 2.74. The van der Waals surface area contributed by atoms with Crippen molar-refractivity contribution in [3.8, 4) is 0 Å². The predicted molar refractivity (Wildman–Crippen MR) is 69.8 cm³/mol. The molecule has 1 fully saturated rings. The third-order valence-corrected chi connectivity index (χ3v) is 3.99. The zero-order valence-corrected chi connectivity index (χ0v) is 11.8. The van der Waals surface area contributed by atoms with Crippen molar-refractivity contribution in [2.24, 2.45) is 5.92 Å². The van der Waals surface area contributed by atoms with Gasteiger partial charge in [0.1, 0.15) is 5.51 Å². The third-order valence-electron chi connectivity index (χ3n) is 3.39. The SMILES string of the molecule is O=C(CN1CCC(C(O)C(F)(F)F)CC1)Nc1nncs1. The molecule has 0 spiro atoms. The first-order valence-corrected chi connectivity index (χ1v) is 7.27. The molecule has 1 saturated heterocycles. The van der Waals surface area contributed by atoms with Crippen LogP contribution in [0.25, 0.3) is 0 Å². The lowest BCUT2D eigenvalue weighted by molar-refractivity contribution is -0.223. The van der Waals surface area contributed by atoms with Crippen molar-refractivity contribution in [3.05, 3.63) is 5.51 Å². The Balaban J connectivity index is 1.75. The van der Waals surface area contributed by atoms with E-state index >= 15 is 0 Å². The van der Waals surface area contributed by atoms with Gasteiger partial charge in [-0.25, -0.2) is 0 Å². The van der Waals surface area contributed by atoms with Crippen molar-refractivity contribution in [2.75, 3.05) is 25.0 Å². The molecule has 118 valence electrons. The van der Waals surface area contributed by atoms with Crippen LogP contribution in [-0.2, 0) is 4.79 Å². The van der Waals surface area contributed by atoms with Crippen LogP contribution < -0.4 is 5.32 Å². The number of carbonyl (C=O) groups is 1. The number of hydrogen-bond acceptors (Lipinski definition) is 6. The van der Waals surface area contributed by atoms with Gasteiger partial charge in [0.2, 0.25) is 11.0 Å². The number of likely N-dealkylation sites (tertiary alicyclic amines) is 1. The summed E-state index contributed by atoms with van der Waals surface area (Å²) in [5, 5.41) is 19.4. The van der Waals surface area contributed by atoms with Crippen LogP contribution in [0.5, 0.6) is 0 Å². The highest BCUT2D eigenvalue weighted by molar-refractivity contribution is 7.13. The number of aliphatic hydroxyl groups excluding tert-OH is 1. The van der Waals surface area contributed by atoms with Crippen LogP contribution in [0.4, 0.5) is 18.3 Å². The second-order valence-electron chi connectivity index (χ2n) is 4.89. The largest absolute Gasteiger partial charge is 0.414 e. The minimum Gasteiger partial charge on any atom is -0.383 e. The number of nitrogens with zero attached hydrogens (tertiary/aromatic N) is 3. The molecule has 0 aliphatic carbocycles. The van der Waals surface area contributed by atoms with E-state index in [-0.39, 0.29) is 25.3 Å². The van der Waals surface area contributed by atoms with Crippen LogP contribution in [-0.4, -0.2) is 58.0 Å². The number of halogens is 3. The summed E-state index contributed by atoms with van der Waals surface area (Å²) in [5.41, 5.74) is 1.49. The quantitative estimate of drug-likeness (QED) is 0.867. The van der Waals surface area contributed by atoms with E-state index in [1.165, 1.54) is 16.8 Å². The Labute approximate surface area is 123 Å². The molecular weight excluding hydrogens is 309 g/mol. The van der Waals surface area contributed by atoms with Crippen LogP contribution >= 0.6 is 11.3 Å². The Bertz CT molecular complexity index is 461. The average molecular weight is 324 g/mol. The van der Waals surface area contributed by atoms with Gasteiger partial charge in [-0.1, -0.05) is 11.3 Å². The van der Waals surface area contributed by atoms with Crippen LogP contribution in [0.2, 0.25) is 0 Å². The molecule has 10 heteroatoms. The number of aliphatic hydroxyl groups is 1. The van der Waals surface area contributed by atoms with Gasteiger partial charge in [-0.15, -0.1) is 10.2 Å². The molecule has 1 amide bonds. The number of amides is 1. The van der Waals surface area contributed by atoms with Gasteiger partial charge >= 0.3 is 6.18 Å². The number of alkyl halides is 3. The summed E-state index contributed by atoms with van der Waals surface area (Å²) in [4.78, 5) is 13.5. The highest BCUT2D eigenvalue weighted by Gasteiger charge is 2.44. The van der Waals surface area contributed by atoms with Crippen molar-refractivity contribution in [1.29, 1.82) is 0 Å². The maximum atomic E-state index is 12.4. The van der Waals surface area contributed by atoms with Gasteiger partial charge in [0.15, 0.2) is 6.10 Å². The molecule has 2 N–H and O–H groups in total. The smallest absolute Gasteiger partial charge is 0.383 e. The van der Waals surface area contributed by atoms with Gasteiger partial charge in [-0.2, -0.15) is 13.2 Å². The van der Waals surface area contributed by atoms with Crippen molar-refractivity contribution in [1.82, 2.24) is 15.1 Å². The second-order valence-corrected chi connectivity index (χ2v) is 5.73. The van der Waals surface area contributed by atoms with Gasteiger partial charge in [-0.3, -0.25) is 15.0 Å². The lowest BCUT2D eigenvalue weighted by Crippen LogP contribution is -2.45. The minimum atomic E-state index is -4.58. The standard InChI is InChI=1S/C11H15F3N4O2S/c12-11(13,14)9(20)7-1-3-18(4-2-7)5-8(19)16-10-17-15-6-21-10/h6-7,9,20H,1-5H2,(H,16,17,19). The number of nitrogens with one attached hydrogen (secondary N) is 1. The topological polar surface area (TPSA) is 78.4 Å². The third kappa shape index (κ3) is 4.61. The molecule has 1 aliphatic heterocycles. The maximum absolute atomic E-state index is 12.4. The summed E-state index contributed by atoms with van der Waals surface area (Å²) in [6, 6.07) is 0. The number of rotatable bonds is 4. The first kappa shape index (κ1) is 16.1. The van der Waals surface area contributed by atoms with E-state index < -0.39 is 18.2 Å². The molecule has 2 heterocycles. The fourth-order valence-electron chi connectivity index (χ4n) is 2.28. The Morgan fingerprint density at radius 1 is 1.52 bits per heavy atom. The second kappa shape index (κ2) is 6.67. The molecule has 1 aromatic rings. The number of aromatic nitrogens is 2. The normalized spacial score (nSPS) is 19.4. The average Bonchev–Trinajstić information content (AvgIpc) is 2.90. The number of hydrogen-bond donors (Lipinski definition) is 2. The molecule has 1 unspecified atom stereocenters. The molecule has 2 rings (SSSR count). The monoisotopic (exact) mass is 324 g/mol. The zero-order valence-electron chi connectivity index (χ0n) is 11.0. The fraction of sp³-hybridized carbons (Fsp3) is 0.727. The summed E-state index contributed by atoms with van der Waals surface area (Å²) < 4.78 is 37.2. The van der Waals surface area contributed by atoms with E-state index in [9.17, 15) is 23.1 Å². The summed E-state index contributed by atoms with van der Waals surface area (Å²) >= 11 is 1.19. The van der Waals surface area contributed by atoms with E-state index in [0.717, 1.165) is 0 Å². The molecular formula is C11H15F3N4O2S. The van der Waals surface area contributed by atoms with Gasteiger partial charge in [-0.05, 0) is 31.8 Å². The summed E-state index contributed by atoms with van der Waals surface area (Å²) in [6.07, 6.45) is -6.43. The van der Waals surface area contributed by atoms with E-state index in [1.54, 1.807) is 4.90 Å². The molecule has 0 saturated carbocycles. The van der Waals surface area contributed by atoms with E-state index in [4.69, 9.17) is 0 Å². The Morgan fingerprint density at radius 2 is 2.19 bits per heavy atom. The van der Waals surface area contributed by atoms with Crippen LogP contribution in [0.15, 0.2) is 5.51 Å². The van der Waals surface area contributed by atoms with Gasteiger partial charge in [0.25, 0.3) is 0 Å². The molecule has 0 aromatic carbocycles. The zero-order chi connectivity index (χ0) is 15.5. The van der Waals surface area contributed by atoms with E-state index in [1.807, 2.05) is 0 Å². The lowest BCUT2D eigenvalue weighted by atomic mass is 9.91. The first-order valence-electron chi connectivity index (χ1n) is 6.39. The highest BCUT2D eigenvalue weighted by Crippen LogP contribution is 2.31. The molecule has 6 nitrogen and oxygen atoms in total. The predicted octanol–water partition coefficient (Wildman–Crippen LogP) is 1.11. The van der Waals surface area contributed by atoms with Crippen molar-refractivity contribution in [2.45, 2.75) is 25.1 Å². The van der Waals surface area contributed by atoms with E-state index in [2.05, 4.69) is 15.5 Å². The van der Waals surface area contributed by atoms with Gasteiger partial charge < -0.3 is 5.11 Å². The van der Waals surface area contributed by atoms with Gasteiger partial charge in [0.05, 0.1) is 6.54 Å². The highest BCUT2D eigenvalue weighted by atomic mass is 32.1. The van der Waals surface area contributed by atoms with Crippen molar-refractivity contribution in [3.63, 3.8) is 0 Å². The van der Waals surface area contributed by atoms with Crippen molar-refractivity contribution < 1.29 is 23.1 Å². The summed E-state index contributed by atoms with van der Waals surface area (Å²) in [5.74, 6) is -1.07. The van der Waals surface area contributed by atoms with Crippen LogP contribution in [0, 0.1) is 5.92 Å². The lowest BCUT2D eigenvalue weighted by Gasteiger charge is -2.34. The first-order chi connectivity index (χ1) is 9.86. The molecule has 21 heavy (non-hydrogen) atoms. The molecule has 0 bridgehead atoms. The number of carbonyl (C=O) groups excluding carboxylic acids is 1. The Morgan fingerprint density at radius 3 is 2.71 bits per heavy atom. The number of anilines is 1. The molecule has 1 aromatic heterocycles. The molecule has 1 atom stereocenters. The minimum absolute atomic E-state index is 0.0917.